The van der Waals surface area contributed by atoms with E-state index in [2.05, 4.69) is 27.0 Å². The summed E-state index contributed by atoms with van der Waals surface area (Å²) in [6.07, 6.45) is 2.99. The van der Waals surface area contributed by atoms with Crippen molar-refractivity contribution < 1.29 is 4.74 Å². The lowest BCUT2D eigenvalue weighted by Crippen LogP contribution is -1.99. The summed E-state index contributed by atoms with van der Waals surface area (Å²) >= 11 is 9.78. The number of ether oxygens (including phenoxy) is 1. The Labute approximate surface area is 155 Å². The van der Waals surface area contributed by atoms with Crippen molar-refractivity contribution in [2.24, 2.45) is 5.73 Å². The van der Waals surface area contributed by atoms with Crippen molar-refractivity contribution in [1.82, 2.24) is 4.98 Å². The van der Waals surface area contributed by atoms with Crippen molar-refractivity contribution in [2.75, 3.05) is 13.7 Å². The van der Waals surface area contributed by atoms with Crippen molar-refractivity contribution in [3.05, 3.63) is 51.5 Å². The van der Waals surface area contributed by atoms with Gasteiger partial charge in [-0.15, -0.1) is 0 Å². The molecule has 0 amide bonds. The molecule has 0 fully saturated rings. The molecule has 3 rings (SSSR count). The fourth-order valence-electron chi connectivity index (χ4n) is 3.03. The van der Waals surface area contributed by atoms with Gasteiger partial charge in [-0.1, -0.05) is 27.5 Å². The van der Waals surface area contributed by atoms with E-state index in [1.807, 2.05) is 30.3 Å². The first-order valence-electron chi connectivity index (χ1n) is 7.98. The SMILES string of the molecule is COc1ccc(Br)cc1-c1[nH]c2ccc(Cl)cc2c1CCCCN. The summed E-state index contributed by atoms with van der Waals surface area (Å²) in [4.78, 5) is 3.55. The van der Waals surface area contributed by atoms with Crippen LogP contribution in [0.3, 0.4) is 0 Å². The number of methoxy groups -OCH3 is 1. The molecule has 24 heavy (non-hydrogen) atoms. The van der Waals surface area contributed by atoms with Crippen LogP contribution in [0, 0.1) is 0 Å². The monoisotopic (exact) mass is 406 g/mol. The predicted molar refractivity (Wildman–Crippen MR) is 105 cm³/mol. The van der Waals surface area contributed by atoms with Gasteiger partial charge in [-0.3, -0.25) is 0 Å². The maximum Gasteiger partial charge on any atom is 0.128 e. The van der Waals surface area contributed by atoms with Crippen molar-refractivity contribution in [2.45, 2.75) is 19.3 Å². The van der Waals surface area contributed by atoms with Crippen molar-refractivity contribution in [3.8, 4) is 17.0 Å². The zero-order valence-electron chi connectivity index (χ0n) is 13.5. The Morgan fingerprint density at radius 2 is 2.00 bits per heavy atom. The van der Waals surface area contributed by atoms with Crippen LogP contribution in [0.4, 0.5) is 0 Å². The van der Waals surface area contributed by atoms with Crippen LogP contribution in [0.1, 0.15) is 18.4 Å². The minimum Gasteiger partial charge on any atom is -0.496 e. The van der Waals surface area contributed by atoms with Crippen molar-refractivity contribution in [3.63, 3.8) is 0 Å². The molecule has 3 aromatic rings. The molecule has 0 aliphatic rings. The summed E-state index contributed by atoms with van der Waals surface area (Å²) in [5.74, 6) is 0.843. The molecule has 0 aliphatic heterocycles. The third-order valence-corrected chi connectivity index (χ3v) is 4.91. The minimum atomic E-state index is 0.707. The van der Waals surface area contributed by atoms with E-state index >= 15 is 0 Å². The molecule has 0 radical (unpaired) electrons. The highest BCUT2D eigenvalue weighted by atomic mass is 79.9. The van der Waals surface area contributed by atoms with Gasteiger partial charge in [0.15, 0.2) is 0 Å². The van der Waals surface area contributed by atoms with Crippen LogP contribution in [0.15, 0.2) is 40.9 Å². The van der Waals surface area contributed by atoms with Gasteiger partial charge < -0.3 is 15.5 Å². The van der Waals surface area contributed by atoms with Gasteiger partial charge in [0.1, 0.15) is 5.75 Å². The van der Waals surface area contributed by atoms with E-state index in [-0.39, 0.29) is 0 Å². The summed E-state index contributed by atoms with van der Waals surface area (Å²) in [6, 6.07) is 12.0. The van der Waals surface area contributed by atoms with Crippen LogP contribution >= 0.6 is 27.5 Å². The molecule has 0 spiro atoms. The fourth-order valence-corrected chi connectivity index (χ4v) is 3.56. The molecule has 0 saturated heterocycles. The minimum absolute atomic E-state index is 0.707. The predicted octanol–water partition coefficient (Wildman–Crippen LogP) is 5.54. The number of unbranched alkanes of at least 4 members (excludes halogenated alkanes) is 1. The number of nitrogens with two attached hydrogens (primary N) is 1. The van der Waals surface area contributed by atoms with E-state index < -0.39 is 0 Å². The number of benzene rings is 2. The quantitative estimate of drug-likeness (QED) is 0.527. The number of fused-ring (bicyclic) bond motifs is 1. The van der Waals surface area contributed by atoms with Gasteiger partial charge in [-0.05, 0) is 67.8 Å². The summed E-state index contributed by atoms with van der Waals surface area (Å²) in [5, 5.41) is 1.91. The van der Waals surface area contributed by atoms with Gasteiger partial charge in [0.05, 0.1) is 12.8 Å². The maximum atomic E-state index is 6.22. The molecule has 0 atom stereocenters. The highest BCUT2D eigenvalue weighted by Gasteiger charge is 2.17. The molecule has 126 valence electrons. The number of H-pyrrole nitrogens is 1. The Kier molecular flexibility index (Phi) is 5.49. The third kappa shape index (κ3) is 3.46. The number of hydrogen-bond donors (Lipinski definition) is 2. The number of nitrogens with one attached hydrogen (secondary N) is 1. The molecule has 1 aromatic heterocycles. The van der Waals surface area contributed by atoms with E-state index in [1.165, 1.54) is 5.56 Å². The van der Waals surface area contributed by atoms with Crippen LogP contribution < -0.4 is 10.5 Å². The van der Waals surface area contributed by atoms with E-state index in [4.69, 9.17) is 22.1 Å². The highest BCUT2D eigenvalue weighted by molar-refractivity contribution is 9.10. The molecule has 0 aliphatic carbocycles. The standard InChI is InChI=1S/C19H20BrClN2O/c1-24-18-8-5-12(20)10-16(18)19-14(4-2-3-9-22)15-11-13(21)6-7-17(15)23-19/h5-8,10-11,23H,2-4,9,22H2,1H3. The zero-order chi connectivity index (χ0) is 17.1. The number of hydrogen-bond acceptors (Lipinski definition) is 2. The molecule has 0 saturated carbocycles. The van der Waals surface area contributed by atoms with Gasteiger partial charge in [0.2, 0.25) is 0 Å². The number of halogens is 2. The van der Waals surface area contributed by atoms with E-state index in [1.54, 1.807) is 7.11 Å². The molecule has 5 heteroatoms. The van der Waals surface area contributed by atoms with E-state index in [0.29, 0.717) is 6.54 Å². The Hall–Kier alpha value is -1.49. The molecule has 3 nitrogen and oxygen atoms in total. The Morgan fingerprint density at radius 3 is 2.75 bits per heavy atom. The average molecular weight is 408 g/mol. The van der Waals surface area contributed by atoms with Crippen LogP contribution in [-0.2, 0) is 6.42 Å². The van der Waals surface area contributed by atoms with Crippen LogP contribution in [0.25, 0.3) is 22.2 Å². The van der Waals surface area contributed by atoms with Gasteiger partial charge in [0, 0.05) is 26.0 Å². The summed E-state index contributed by atoms with van der Waals surface area (Å²) < 4.78 is 6.58. The number of rotatable bonds is 6. The lowest BCUT2D eigenvalue weighted by atomic mass is 10.00. The highest BCUT2D eigenvalue weighted by Crippen LogP contribution is 2.38. The Bertz CT molecular complexity index is 860. The van der Waals surface area contributed by atoms with Crippen molar-refractivity contribution >= 4 is 38.4 Å². The lowest BCUT2D eigenvalue weighted by molar-refractivity contribution is 0.416. The number of aromatic nitrogens is 1. The maximum absolute atomic E-state index is 6.22. The Morgan fingerprint density at radius 1 is 1.17 bits per heavy atom. The molecule has 3 N–H and O–H groups in total. The lowest BCUT2D eigenvalue weighted by Gasteiger charge is -2.10. The summed E-state index contributed by atoms with van der Waals surface area (Å²) in [6.45, 7) is 0.707. The first-order chi connectivity index (χ1) is 11.6. The van der Waals surface area contributed by atoms with Gasteiger partial charge in [0.25, 0.3) is 0 Å². The normalized spacial score (nSPS) is 11.2. The molecule has 2 aromatic carbocycles. The first kappa shape index (κ1) is 17.3. The van der Waals surface area contributed by atoms with E-state index in [0.717, 1.165) is 56.7 Å². The second-order valence-corrected chi connectivity index (χ2v) is 7.11. The topological polar surface area (TPSA) is 51.0 Å². The molecule has 0 unspecified atom stereocenters. The van der Waals surface area contributed by atoms with E-state index in [9.17, 15) is 0 Å². The van der Waals surface area contributed by atoms with Gasteiger partial charge in [-0.2, -0.15) is 0 Å². The summed E-state index contributed by atoms with van der Waals surface area (Å²) in [5.41, 5.74) is 10.1. The van der Waals surface area contributed by atoms with Gasteiger partial charge >= 0.3 is 0 Å². The van der Waals surface area contributed by atoms with Crippen LogP contribution in [0.2, 0.25) is 5.02 Å². The largest absolute Gasteiger partial charge is 0.496 e. The average Bonchev–Trinajstić information content (AvgIpc) is 2.93. The molecule has 1 heterocycles. The number of aromatic amines is 1. The second-order valence-electron chi connectivity index (χ2n) is 5.76. The second kappa shape index (κ2) is 7.60. The zero-order valence-corrected chi connectivity index (χ0v) is 15.9. The molecular weight excluding hydrogens is 388 g/mol. The molecule has 0 bridgehead atoms. The Balaban J connectivity index is 2.19. The fraction of sp³-hybridized carbons (Fsp3) is 0.263. The smallest absolute Gasteiger partial charge is 0.128 e. The van der Waals surface area contributed by atoms with Crippen LogP contribution in [-0.4, -0.2) is 18.6 Å². The number of aryl methyl sites for hydroxylation is 1. The van der Waals surface area contributed by atoms with Crippen molar-refractivity contribution in [1.29, 1.82) is 0 Å². The third-order valence-electron chi connectivity index (χ3n) is 4.18. The van der Waals surface area contributed by atoms with Crippen LogP contribution in [0.5, 0.6) is 5.75 Å². The first-order valence-corrected chi connectivity index (χ1v) is 9.15. The molecular formula is C19H20BrClN2O. The summed E-state index contributed by atoms with van der Waals surface area (Å²) in [7, 11) is 1.69. The van der Waals surface area contributed by atoms with Gasteiger partial charge in [-0.25, -0.2) is 0 Å².